The Kier molecular flexibility index (Phi) is 3.18. The van der Waals surface area contributed by atoms with Gasteiger partial charge >= 0.3 is 6.18 Å². The zero-order valence-corrected chi connectivity index (χ0v) is 9.19. The number of nitrogens with one attached hydrogen (secondary N) is 1. The molecule has 0 radical (unpaired) electrons. The van der Waals surface area contributed by atoms with Crippen molar-refractivity contribution in [3.63, 3.8) is 0 Å². The van der Waals surface area contributed by atoms with Gasteiger partial charge in [0.1, 0.15) is 0 Å². The summed E-state index contributed by atoms with van der Waals surface area (Å²) in [6.45, 7) is 0.310. The summed E-state index contributed by atoms with van der Waals surface area (Å²) in [4.78, 5) is 0. The van der Waals surface area contributed by atoms with Gasteiger partial charge in [0.2, 0.25) is 0 Å². The number of hydrogen-bond donors (Lipinski definition) is 2. The smallest absolute Gasteiger partial charge is 0.389 e. The van der Waals surface area contributed by atoms with Gasteiger partial charge in [-0.3, -0.25) is 0 Å². The van der Waals surface area contributed by atoms with Crippen molar-refractivity contribution in [2.24, 2.45) is 5.92 Å². The van der Waals surface area contributed by atoms with E-state index in [4.69, 9.17) is 0 Å². The van der Waals surface area contributed by atoms with E-state index in [1.165, 1.54) is 0 Å². The summed E-state index contributed by atoms with van der Waals surface area (Å²) in [6, 6.07) is 0.426. The zero-order chi connectivity index (χ0) is 11.8. The molecule has 0 bridgehead atoms. The largest absolute Gasteiger partial charge is 0.391 e. The fraction of sp³-hybridized carbons (Fsp3) is 1.00. The maximum absolute atomic E-state index is 12.6. The molecule has 0 aromatic rings. The van der Waals surface area contributed by atoms with Crippen molar-refractivity contribution >= 4 is 0 Å². The first-order valence-electron chi connectivity index (χ1n) is 5.92. The molecule has 2 nitrogen and oxygen atoms in total. The van der Waals surface area contributed by atoms with Gasteiger partial charge in [0.15, 0.2) is 0 Å². The van der Waals surface area contributed by atoms with E-state index in [0.717, 1.165) is 12.8 Å². The summed E-state index contributed by atoms with van der Waals surface area (Å²) in [7, 11) is 0. The van der Waals surface area contributed by atoms with E-state index in [1.807, 2.05) is 0 Å². The lowest BCUT2D eigenvalue weighted by Gasteiger charge is -2.37. The lowest BCUT2D eigenvalue weighted by atomic mass is 9.77. The van der Waals surface area contributed by atoms with Crippen LogP contribution in [0, 0.1) is 5.92 Å². The standard InChI is InChI=1S/C11H18F3NO/c12-11(13,14)8-2-1-5-10(16,6-8)7-15-9-3-4-9/h8-9,15-16H,1-7H2. The number of rotatable bonds is 3. The summed E-state index contributed by atoms with van der Waals surface area (Å²) >= 11 is 0. The molecule has 2 rings (SSSR count). The fourth-order valence-electron chi connectivity index (χ4n) is 2.40. The maximum Gasteiger partial charge on any atom is 0.391 e. The molecule has 2 N–H and O–H groups in total. The number of aliphatic hydroxyl groups is 1. The summed E-state index contributed by atoms with van der Waals surface area (Å²) in [5.74, 6) is -1.33. The minimum absolute atomic E-state index is 0.143. The van der Waals surface area contributed by atoms with Crippen LogP contribution in [0.1, 0.15) is 38.5 Å². The van der Waals surface area contributed by atoms with Crippen LogP contribution in [0.5, 0.6) is 0 Å². The minimum atomic E-state index is -4.16. The van der Waals surface area contributed by atoms with Gasteiger partial charge in [-0.25, -0.2) is 0 Å². The van der Waals surface area contributed by atoms with Crippen LogP contribution < -0.4 is 5.32 Å². The highest BCUT2D eigenvalue weighted by molar-refractivity contribution is 4.93. The van der Waals surface area contributed by atoms with Gasteiger partial charge in [0.05, 0.1) is 11.5 Å². The summed E-state index contributed by atoms with van der Waals surface area (Å²) in [5, 5.41) is 13.2. The van der Waals surface area contributed by atoms with Crippen molar-refractivity contribution in [3.8, 4) is 0 Å². The topological polar surface area (TPSA) is 32.3 Å². The second-order valence-electron chi connectivity index (χ2n) is 5.21. The Morgan fingerprint density at radius 2 is 1.94 bits per heavy atom. The fourth-order valence-corrected chi connectivity index (χ4v) is 2.40. The van der Waals surface area contributed by atoms with E-state index in [-0.39, 0.29) is 12.8 Å². The van der Waals surface area contributed by atoms with Gasteiger partial charge < -0.3 is 10.4 Å². The van der Waals surface area contributed by atoms with E-state index < -0.39 is 17.7 Å². The summed E-state index contributed by atoms with van der Waals surface area (Å²) < 4.78 is 37.7. The predicted molar refractivity (Wildman–Crippen MR) is 54.0 cm³/mol. The number of halogens is 3. The molecule has 0 spiro atoms. The van der Waals surface area contributed by atoms with Crippen molar-refractivity contribution in [1.29, 1.82) is 0 Å². The predicted octanol–water partition coefficient (Wildman–Crippen LogP) is 2.22. The van der Waals surface area contributed by atoms with Crippen molar-refractivity contribution < 1.29 is 18.3 Å². The van der Waals surface area contributed by atoms with E-state index in [9.17, 15) is 18.3 Å². The highest BCUT2D eigenvalue weighted by Gasteiger charge is 2.47. The molecule has 0 aromatic heterocycles. The first-order chi connectivity index (χ1) is 7.39. The van der Waals surface area contributed by atoms with E-state index >= 15 is 0 Å². The molecule has 94 valence electrons. The Bertz CT molecular complexity index is 252. The molecule has 2 atom stereocenters. The Hall–Kier alpha value is -0.290. The molecule has 0 heterocycles. The van der Waals surface area contributed by atoms with Crippen molar-refractivity contribution in [1.82, 2.24) is 5.32 Å². The van der Waals surface area contributed by atoms with E-state index in [1.54, 1.807) is 0 Å². The van der Waals surface area contributed by atoms with E-state index in [0.29, 0.717) is 25.4 Å². The highest BCUT2D eigenvalue weighted by Crippen LogP contribution is 2.41. The highest BCUT2D eigenvalue weighted by atomic mass is 19.4. The average Bonchev–Trinajstić information content (AvgIpc) is 2.97. The lowest BCUT2D eigenvalue weighted by Crippen LogP contribution is -2.47. The third kappa shape index (κ3) is 3.10. The summed E-state index contributed by atoms with van der Waals surface area (Å²) in [6.07, 6.45) is -1.02. The number of alkyl halides is 3. The maximum atomic E-state index is 12.6. The molecule has 0 saturated heterocycles. The van der Waals surface area contributed by atoms with Crippen molar-refractivity contribution in [2.45, 2.75) is 56.3 Å². The number of hydrogen-bond acceptors (Lipinski definition) is 2. The molecule has 0 aliphatic heterocycles. The van der Waals surface area contributed by atoms with Crippen molar-refractivity contribution in [3.05, 3.63) is 0 Å². The van der Waals surface area contributed by atoms with Crippen LogP contribution in [-0.2, 0) is 0 Å². The molecule has 2 aliphatic carbocycles. The first-order valence-corrected chi connectivity index (χ1v) is 5.92. The second-order valence-corrected chi connectivity index (χ2v) is 5.21. The van der Waals surface area contributed by atoms with Gasteiger partial charge in [-0.05, 0) is 38.5 Å². The minimum Gasteiger partial charge on any atom is -0.389 e. The van der Waals surface area contributed by atoms with Crippen LogP contribution in [0.15, 0.2) is 0 Å². The van der Waals surface area contributed by atoms with Gasteiger partial charge in [0, 0.05) is 12.6 Å². The molecule has 16 heavy (non-hydrogen) atoms. The Morgan fingerprint density at radius 3 is 2.50 bits per heavy atom. The molecule has 0 amide bonds. The van der Waals surface area contributed by atoms with Crippen LogP contribution in [-0.4, -0.2) is 29.5 Å². The van der Waals surface area contributed by atoms with Crippen LogP contribution in [0.4, 0.5) is 13.2 Å². The lowest BCUT2D eigenvalue weighted by molar-refractivity contribution is -0.200. The van der Waals surface area contributed by atoms with Crippen molar-refractivity contribution in [2.75, 3.05) is 6.54 Å². The van der Waals surface area contributed by atoms with Gasteiger partial charge in [-0.15, -0.1) is 0 Å². The normalized spacial score (nSPS) is 36.4. The monoisotopic (exact) mass is 237 g/mol. The van der Waals surface area contributed by atoms with Gasteiger partial charge in [-0.1, -0.05) is 0 Å². The molecular weight excluding hydrogens is 219 g/mol. The quantitative estimate of drug-likeness (QED) is 0.789. The Labute approximate surface area is 93.2 Å². The molecule has 2 fully saturated rings. The summed E-state index contributed by atoms with van der Waals surface area (Å²) in [5.41, 5.74) is -1.15. The molecule has 2 aliphatic rings. The zero-order valence-electron chi connectivity index (χ0n) is 9.19. The van der Waals surface area contributed by atoms with Crippen LogP contribution >= 0.6 is 0 Å². The average molecular weight is 237 g/mol. The first kappa shape index (κ1) is 12.2. The van der Waals surface area contributed by atoms with Gasteiger partial charge in [-0.2, -0.15) is 13.2 Å². The van der Waals surface area contributed by atoms with Crippen LogP contribution in [0.2, 0.25) is 0 Å². The Morgan fingerprint density at radius 1 is 1.25 bits per heavy atom. The molecular formula is C11H18F3NO. The third-order valence-electron chi connectivity index (χ3n) is 3.58. The molecule has 2 unspecified atom stereocenters. The molecule has 0 aromatic carbocycles. The van der Waals surface area contributed by atoms with Crippen LogP contribution in [0.25, 0.3) is 0 Å². The molecule has 2 saturated carbocycles. The second kappa shape index (κ2) is 4.18. The SMILES string of the molecule is OC1(CNC2CC2)CCCC(C(F)(F)F)C1. The van der Waals surface area contributed by atoms with Gasteiger partial charge in [0.25, 0.3) is 0 Å². The van der Waals surface area contributed by atoms with Crippen LogP contribution in [0.3, 0.4) is 0 Å². The Balaban J connectivity index is 1.88. The van der Waals surface area contributed by atoms with E-state index in [2.05, 4.69) is 5.32 Å². The molecule has 5 heteroatoms. The third-order valence-corrected chi connectivity index (χ3v) is 3.58.